The number of primary amides is 1. The summed E-state index contributed by atoms with van der Waals surface area (Å²) in [6, 6.07) is 12.9. The van der Waals surface area contributed by atoms with Crippen molar-refractivity contribution in [2.24, 2.45) is 22.8 Å². The molecule has 1 aliphatic heterocycles. The number of hydrogen-bond acceptors (Lipinski definition) is 7. The Balaban J connectivity index is 2.18. The number of ether oxygens (including phenoxy) is 2. The summed E-state index contributed by atoms with van der Waals surface area (Å²) in [6.07, 6.45) is 1.76. The molecule has 2 aliphatic rings. The van der Waals surface area contributed by atoms with E-state index in [1.807, 2.05) is 18.2 Å². The fourth-order valence-corrected chi connectivity index (χ4v) is 3.81. The topological polar surface area (TPSA) is 159 Å². The molecule has 3 rings (SSSR count). The van der Waals surface area contributed by atoms with Crippen molar-refractivity contribution < 1.29 is 14.3 Å². The molecule has 0 saturated heterocycles. The molecule has 0 aromatic heterocycles. The van der Waals surface area contributed by atoms with Crippen LogP contribution < -0.4 is 16.2 Å². The average molecular weight is 375 g/mol. The predicted molar refractivity (Wildman–Crippen MR) is 96.7 cm³/mol. The molecule has 0 saturated carbocycles. The minimum Gasteiger partial charge on any atom is -0.484 e. The van der Waals surface area contributed by atoms with E-state index in [1.165, 1.54) is 0 Å². The first-order valence-corrected chi connectivity index (χ1v) is 8.50. The van der Waals surface area contributed by atoms with E-state index in [4.69, 9.17) is 20.9 Å². The van der Waals surface area contributed by atoms with Crippen molar-refractivity contribution in [3.63, 3.8) is 0 Å². The van der Waals surface area contributed by atoms with Crippen molar-refractivity contribution >= 4 is 5.91 Å². The molecule has 1 aromatic carbocycles. The Morgan fingerprint density at radius 3 is 2.71 bits per heavy atom. The van der Waals surface area contributed by atoms with Gasteiger partial charge in [0, 0.05) is 11.8 Å². The largest absolute Gasteiger partial charge is 0.484 e. The van der Waals surface area contributed by atoms with E-state index < -0.39 is 23.2 Å². The van der Waals surface area contributed by atoms with Gasteiger partial charge in [-0.3, -0.25) is 4.79 Å². The second kappa shape index (κ2) is 7.44. The summed E-state index contributed by atoms with van der Waals surface area (Å²) in [5, 5.41) is 29.5. The van der Waals surface area contributed by atoms with Crippen molar-refractivity contribution in [2.45, 2.75) is 5.92 Å². The van der Waals surface area contributed by atoms with Crippen molar-refractivity contribution in [3.8, 4) is 24.0 Å². The SMILES string of the molecule is N#CC1=C(N)C(C#N)(C#N)C(c2cccc(OCC(N)=O)c2)[C@H]2COCC=C12. The van der Waals surface area contributed by atoms with Crippen LogP contribution in [-0.4, -0.2) is 25.7 Å². The van der Waals surface area contributed by atoms with Gasteiger partial charge in [0.25, 0.3) is 5.91 Å². The molecule has 0 radical (unpaired) electrons. The summed E-state index contributed by atoms with van der Waals surface area (Å²) in [5.41, 5.74) is 11.0. The molecule has 8 nitrogen and oxygen atoms in total. The van der Waals surface area contributed by atoms with Crippen LogP contribution in [0.4, 0.5) is 0 Å². The lowest BCUT2D eigenvalue weighted by Crippen LogP contribution is -2.44. The normalized spacial score (nSPS) is 22.7. The van der Waals surface area contributed by atoms with Crippen LogP contribution in [0, 0.1) is 45.3 Å². The molecular formula is C20H17N5O3. The monoisotopic (exact) mass is 375 g/mol. The molecule has 140 valence electrons. The minimum atomic E-state index is -1.74. The summed E-state index contributed by atoms with van der Waals surface area (Å²) in [5.74, 6) is -1.33. The third kappa shape index (κ3) is 2.95. The molecular weight excluding hydrogens is 358 g/mol. The molecule has 1 aliphatic carbocycles. The Bertz CT molecular complexity index is 992. The van der Waals surface area contributed by atoms with Crippen LogP contribution in [0.1, 0.15) is 11.5 Å². The van der Waals surface area contributed by atoms with Crippen LogP contribution in [0.2, 0.25) is 0 Å². The summed E-state index contributed by atoms with van der Waals surface area (Å²) in [7, 11) is 0. The van der Waals surface area contributed by atoms with Gasteiger partial charge < -0.3 is 20.9 Å². The quantitative estimate of drug-likeness (QED) is 0.793. The molecule has 0 spiro atoms. The highest BCUT2D eigenvalue weighted by Gasteiger charge is 2.54. The standard InChI is InChI=1S/C20H17N5O3/c21-7-15-14-4-5-27-8-16(14)18(20(10-22,11-23)19(15)25)12-2-1-3-13(6-12)28-9-17(24)26/h1-4,6,16,18H,5,8-9,25H2,(H2,24,26)/t16-,18?/m0/s1. The van der Waals surface area contributed by atoms with Gasteiger partial charge in [0.1, 0.15) is 11.8 Å². The Kier molecular flexibility index (Phi) is 5.04. The van der Waals surface area contributed by atoms with E-state index in [0.29, 0.717) is 23.5 Å². The molecule has 28 heavy (non-hydrogen) atoms. The first-order valence-electron chi connectivity index (χ1n) is 8.50. The first kappa shape index (κ1) is 19.0. The molecule has 1 unspecified atom stereocenters. The van der Waals surface area contributed by atoms with E-state index in [0.717, 1.165) is 0 Å². The minimum absolute atomic E-state index is 0.0575. The number of carbonyl (C=O) groups excluding carboxylic acids is 1. The molecule has 4 N–H and O–H groups in total. The number of nitrogens with two attached hydrogens (primary N) is 2. The third-order valence-electron chi connectivity index (χ3n) is 5.03. The maximum absolute atomic E-state index is 11.0. The van der Waals surface area contributed by atoms with Crippen LogP contribution in [0.25, 0.3) is 0 Å². The zero-order valence-electron chi connectivity index (χ0n) is 14.9. The van der Waals surface area contributed by atoms with Gasteiger partial charge in [0.05, 0.1) is 36.6 Å². The Morgan fingerprint density at radius 2 is 2.07 bits per heavy atom. The molecule has 2 atom stereocenters. The van der Waals surface area contributed by atoms with Gasteiger partial charge in [-0.05, 0) is 23.3 Å². The van der Waals surface area contributed by atoms with E-state index >= 15 is 0 Å². The second-order valence-electron chi connectivity index (χ2n) is 6.54. The summed E-state index contributed by atoms with van der Waals surface area (Å²) < 4.78 is 10.9. The van der Waals surface area contributed by atoms with Gasteiger partial charge >= 0.3 is 0 Å². The maximum atomic E-state index is 11.0. The highest BCUT2D eigenvalue weighted by atomic mass is 16.5. The van der Waals surface area contributed by atoms with Crippen LogP contribution in [0.3, 0.4) is 0 Å². The van der Waals surface area contributed by atoms with Gasteiger partial charge in [0.15, 0.2) is 12.0 Å². The van der Waals surface area contributed by atoms with Gasteiger partial charge in [-0.25, -0.2) is 0 Å². The smallest absolute Gasteiger partial charge is 0.255 e. The number of amides is 1. The second-order valence-corrected chi connectivity index (χ2v) is 6.54. The molecule has 0 bridgehead atoms. The van der Waals surface area contributed by atoms with E-state index in [9.17, 15) is 20.6 Å². The first-order chi connectivity index (χ1) is 13.5. The summed E-state index contributed by atoms with van der Waals surface area (Å²) in [4.78, 5) is 11.0. The Labute approximate surface area is 161 Å². The van der Waals surface area contributed by atoms with E-state index in [2.05, 4.69) is 0 Å². The van der Waals surface area contributed by atoms with Crippen molar-refractivity contribution in [1.82, 2.24) is 0 Å². The number of hydrogen-bond donors (Lipinski definition) is 2. The van der Waals surface area contributed by atoms with Crippen LogP contribution in [-0.2, 0) is 9.53 Å². The van der Waals surface area contributed by atoms with E-state index in [-0.39, 0.29) is 24.5 Å². The third-order valence-corrected chi connectivity index (χ3v) is 5.03. The summed E-state index contributed by atoms with van der Waals surface area (Å²) >= 11 is 0. The number of carbonyl (C=O) groups is 1. The van der Waals surface area contributed by atoms with Crippen molar-refractivity contribution in [1.29, 1.82) is 15.8 Å². The highest BCUT2D eigenvalue weighted by molar-refractivity contribution is 5.75. The van der Waals surface area contributed by atoms with E-state index in [1.54, 1.807) is 30.3 Å². The van der Waals surface area contributed by atoms with Gasteiger partial charge in [0.2, 0.25) is 0 Å². The van der Waals surface area contributed by atoms with Gasteiger partial charge in [-0.1, -0.05) is 18.2 Å². The summed E-state index contributed by atoms with van der Waals surface area (Å²) in [6.45, 7) is 0.269. The number of benzene rings is 1. The molecule has 1 heterocycles. The van der Waals surface area contributed by atoms with Crippen LogP contribution in [0.5, 0.6) is 5.75 Å². The lowest BCUT2D eigenvalue weighted by atomic mass is 9.58. The average Bonchev–Trinajstić information content (AvgIpc) is 2.71. The molecule has 8 heteroatoms. The van der Waals surface area contributed by atoms with Gasteiger partial charge in [-0.2, -0.15) is 15.8 Å². The zero-order chi connectivity index (χ0) is 20.3. The number of fused-ring (bicyclic) bond motifs is 1. The zero-order valence-corrected chi connectivity index (χ0v) is 14.9. The molecule has 0 fully saturated rings. The Morgan fingerprint density at radius 1 is 1.32 bits per heavy atom. The fourth-order valence-electron chi connectivity index (χ4n) is 3.81. The Hall–Kier alpha value is -3.80. The van der Waals surface area contributed by atoms with Crippen molar-refractivity contribution in [2.75, 3.05) is 19.8 Å². The van der Waals surface area contributed by atoms with Gasteiger partial charge in [-0.15, -0.1) is 0 Å². The number of nitriles is 3. The maximum Gasteiger partial charge on any atom is 0.255 e. The molecule has 1 amide bonds. The van der Waals surface area contributed by atoms with Crippen molar-refractivity contribution in [3.05, 3.63) is 52.7 Å². The predicted octanol–water partition coefficient (Wildman–Crippen LogP) is 0.991. The molecule has 1 aromatic rings. The lowest BCUT2D eigenvalue weighted by Gasteiger charge is -2.43. The highest BCUT2D eigenvalue weighted by Crippen LogP contribution is 2.54. The lowest BCUT2D eigenvalue weighted by molar-refractivity contribution is -0.119. The number of nitrogens with zero attached hydrogens (tertiary/aromatic N) is 3. The number of rotatable bonds is 4. The number of allylic oxidation sites excluding steroid dienone is 2. The van der Waals surface area contributed by atoms with Crippen LogP contribution in [0.15, 0.2) is 47.2 Å². The van der Waals surface area contributed by atoms with Crippen LogP contribution >= 0.6 is 0 Å². The fraction of sp³-hybridized carbons (Fsp3) is 0.300.